The smallest absolute Gasteiger partial charge is 0.207 e. The lowest BCUT2D eigenvalue weighted by Gasteiger charge is -2.11. The quantitative estimate of drug-likeness (QED) is 0.356. The third kappa shape index (κ3) is 2.34. The Morgan fingerprint density at radius 1 is 0.438 bits per heavy atom. The van der Waals surface area contributed by atoms with Gasteiger partial charge in [-0.2, -0.15) is 0 Å². The molecule has 3 heterocycles. The SMILES string of the molecule is c1ccc(-c2nnc3c4nnc(-c5ccccc5)n4c4cc5ccccc5cc4n23)cc1. The minimum atomic E-state index is 0.682. The predicted molar refractivity (Wildman–Crippen MR) is 125 cm³/mol. The van der Waals surface area contributed by atoms with Gasteiger partial charge in [0.05, 0.1) is 11.0 Å². The van der Waals surface area contributed by atoms with E-state index < -0.39 is 0 Å². The molecule has 0 aliphatic heterocycles. The van der Waals surface area contributed by atoms with Gasteiger partial charge in [0.2, 0.25) is 11.3 Å². The molecule has 0 saturated carbocycles. The molecule has 3 aromatic heterocycles. The zero-order valence-corrected chi connectivity index (χ0v) is 16.9. The maximum absolute atomic E-state index is 4.56. The lowest BCUT2D eigenvalue weighted by Crippen LogP contribution is -2.00. The van der Waals surface area contributed by atoms with E-state index in [9.17, 15) is 0 Å². The number of benzene rings is 4. The number of rotatable bonds is 2. The maximum atomic E-state index is 4.56. The fourth-order valence-electron chi connectivity index (χ4n) is 4.44. The topological polar surface area (TPSA) is 60.4 Å². The molecule has 0 fully saturated rings. The minimum Gasteiger partial charge on any atom is -0.270 e. The van der Waals surface area contributed by atoms with Crippen molar-refractivity contribution in [2.45, 2.75) is 0 Å². The number of aromatic nitrogens is 6. The van der Waals surface area contributed by atoms with Crippen LogP contribution in [0.1, 0.15) is 0 Å². The first-order chi connectivity index (χ1) is 15.9. The van der Waals surface area contributed by atoms with Gasteiger partial charge in [-0.25, -0.2) is 0 Å². The molecule has 32 heavy (non-hydrogen) atoms. The Bertz CT molecular complexity index is 1630. The Kier molecular flexibility index (Phi) is 3.46. The third-order valence-electron chi connectivity index (χ3n) is 5.91. The van der Waals surface area contributed by atoms with Crippen molar-refractivity contribution in [3.8, 4) is 22.8 Å². The predicted octanol–water partition coefficient (Wildman–Crippen LogP) is 5.41. The summed E-state index contributed by atoms with van der Waals surface area (Å²) in [7, 11) is 0. The van der Waals surface area contributed by atoms with Crippen LogP contribution in [-0.4, -0.2) is 29.2 Å². The standard InChI is InChI=1S/C26H16N6/c1-3-9-17(10-4-1)23-27-29-25-26-30-28-24(18-11-5-2-6-12-18)32(26)22-16-20-14-8-7-13-19(20)15-21(22)31(23)25/h1-16H. The summed E-state index contributed by atoms with van der Waals surface area (Å²) < 4.78 is 4.19. The van der Waals surface area contributed by atoms with Crippen molar-refractivity contribution in [3.05, 3.63) is 97.1 Å². The highest BCUT2D eigenvalue weighted by Gasteiger charge is 2.20. The number of nitrogens with zero attached hydrogens (tertiary/aromatic N) is 6. The van der Waals surface area contributed by atoms with E-state index in [4.69, 9.17) is 0 Å². The van der Waals surface area contributed by atoms with Gasteiger partial charge >= 0.3 is 0 Å². The van der Waals surface area contributed by atoms with Gasteiger partial charge in [0.15, 0.2) is 11.6 Å². The first kappa shape index (κ1) is 17.1. The summed E-state index contributed by atoms with van der Waals surface area (Å²) in [6, 6.07) is 33.0. The molecule has 0 aliphatic carbocycles. The van der Waals surface area contributed by atoms with Crippen LogP contribution >= 0.6 is 0 Å². The van der Waals surface area contributed by atoms with E-state index in [1.807, 2.05) is 60.7 Å². The van der Waals surface area contributed by atoms with Crippen molar-refractivity contribution >= 4 is 33.1 Å². The van der Waals surface area contributed by atoms with Crippen molar-refractivity contribution in [2.24, 2.45) is 0 Å². The van der Waals surface area contributed by atoms with Crippen LogP contribution in [0.4, 0.5) is 0 Å². The first-order valence-corrected chi connectivity index (χ1v) is 10.4. The van der Waals surface area contributed by atoms with Crippen LogP contribution in [0.25, 0.3) is 55.9 Å². The molecule has 0 bridgehead atoms. The van der Waals surface area contributed by atoms with Crippen LogP contribution in [0.2, 0.25) is 0 Å². The van der Waals surface area contributed by atoms with Crippen molar-refractivity contribution < 1.29 is 0 Å². The molecule has 0 radical (unpaired) electrons. The Labute approximate surface area is 182 Å². The molecule has 7 rings (SSSR count). The zero-order valence-electron chi connectivity index (χ0n) is 16.9. The van der Waals surface area contributed by atoms with Gasteiger partial charge < -0.3 is 0 Å². The summed E-state index contributed by atoms with van der Waals surface area (Å²) in [5.41, 5.74) is 5.38. The van der Waals surface area contributed by atoms with Gasteiger partial charge in [0.1, 0.15) is 0 Å². The van der Waals surface area contributed by atoms with Crippen LogP contribution in [-0.2, 0) is 0 Å². The van der Waals surface area contributed by atoms with Crippen LogP contribution < -0.4 is 0 Å². The molecule has 0 unspecified atom stereocenters. The highest BCUT2D eigenvalue weighted by molar-refractivity contribution is 5.99. The first-order valence-electron chi connectivity index (χ1n) is 10.4. The third-order valence-corrected chi connectivity index (χ3v) is 5.91. The Hall–Kier alpha value is -4.58. The summed E-state index contributed by atoms with van der Waals surface area (Å²) >= 11 is 0. The highest BCUT2D eigenvalue weighted by atomic mass is 15.3. The van der Waals surface area contributed by atoms with E-state index in [0.717, 1.165) is 44.6 Å². The molecular formula is C26H16N6. The Morgan fingerprint density at radius 3 is 1.28 bits per heavy atom. The molecule has 6 heteroatoms. The maximum Gasteiger partial charge on any atom is 0.207 e. The average Bonchev–Trinajstić information content (AvgIpc) is 3.49. The number of hydrogen-bond donors (Lipinski definition) is 0. The summed E-state index contributed by atoms with van der Waals surface area (Å²) in [6.45, 7) is 0. The summed E-state index contributed by atoms with van der Waals surface area (Å²) in [4.78, 5) is 0. The second-order valence-corrected chi connectivity index (χ2v) is 7.79. The van der Waals surface area contributed by atoms with Crippen LogP contribution in [0.3, 0.4) is 0 Å². The Morgan fingerprint density at radius 2 is 0.844 bits per heavy atom. The highest BCUT2D eigenvalue weighted by Crippen LogP contribution is 2.32. The fourth-order valence-corrected chi connectivity index (χ4v) is 4.44. The van der Waals surface area contributed by atoms with E-state index in [1.165, 1.54) is 0 Å². The van der Waals surface area contributed by atoms with Gasteiger partial charge in [0.25, 0.3) is 0 Å². The van der Waals surface area contributed by atoms with Crippen LogP contribution in [0.15, 0.2) is 97.1 Å². The fraction of sp³-hybridized carbons (Fsp3) is 0. The second-order valence-electron chi connectivity index (χ2n) is 7.79. The molecule has 0 spiro atoms. The molecule has 7 aromatic rings. The molecule has 6 nitrogen and oxygen atoms in total. The van der Waals surface area contributed by atoms with Crippen molar-refractivity contribution in [3.63, 3.8) is 0 Å². The van der Waals surface area contributed by atoms with E-state index in [2.05, 4.69) is 65.6 Å². The minimum absolute atomic E-state index is 0.682. The summed E-state index contributed by atoms with van der Waals surface area (Å²) in [6.07, 6.45) is 0. The van der Waals surface area contributed by atoms with Crippen molar-refractivity contribution in [1.29, 1.82) is 0 Å². The summed E-state index contributed by atoms with van der Waals surface area (Å²) in [5, 5.41) is 20.5. The molecule has 0 aliphatic rings. The van der Waals surface area contributed by atoms with Crippen LogP contribution in [0, 0.1) is 0 Å². The van der Waals surface area contributed by atoms with Crippen molar-refractivity contribution in [1.82, 2.24) is 29.2 Å². The normalized spacial score (nSPS) is 11.8. The van der Waals surface area contributed by atoms with Gasteiger partial charge in [-0.05, 0) is 22.9 Å². The van der Waals surface area contributed by atoms with E-state index >= 15 is 0 Å². The second kappa shape index (κ2) is 6.46. The summed E-state index contributed by atoms with van der Waals surface area (Å²) in [5.74, 6) is 1.57. The zero-order chi connectivity index (χ0) is 21.1. The van der Waals surface area contributed by atoms with Gasteiger partial charge in [-0.3, -0.25) is 8.80 Å². The van der Waals surface area contributed by atoms with Gasteiger partial charge in [-0.15, -0.1) is 20.4 Å². The molecule has 4 aromatic carbocycles. The lowest BCUT2D eigenvalue weighted by atomic mass is 10.1. The molecule has 0 N–H and O–H groups in total. The van der Waals surface area contributed by atoms with E-state index in [0.29, 0.717) is 11.3 Å². The van der Waals surface area contributed by atoms with Gasteiger partial charge in [-0.1, -0.05) is 84.9 Å². The monoisotopic (exact) mass is 412 g/mol. The molecular weight excluding hydrogens is 396 g/mol. The Balaban J connectivity index is 1.72. The molecule has 0 atom stereocenters. The molecule has 0 saturated heterocycles. The average molecular weight is 412 g/mol. The lowest BCUT2D eigenvalue weighted by molar-refractivity contribution is 1.10. The number of hydrogen-bond acceptors (Lipinski definition) is 4. The molecule has 0 amide bonds. The van der Waals surface area contributed by atoms with Crippen LogP contribution in [0.5, 0.6) is 0 Å². The van der Waals surface area contributed by atoms with E-state index in [-0.39, 0.29) is 0 Å². The van der Waals surface area contributed by atoms with E-state index in [1.54, 1.807) is 0 Å². The van der Waals surface area contributed by atoms with Gasteiger partial charge in [0, 0.05) is 11.1 Å². The number of fused-ring (bicyclic) bond motifs is 7. The van der Waals surface area contributed by atoms with Crippen molar-refractivity contribution in [2.75, 3.05) is 0 Å². The largest absolute Gasteiger partial charge is 0.270 e. The molecule has 150 valence electrons.